The third-order valence-electron chi connectivity index (χ3n) is 8.96. The van der Waals surface area contributed by atoms with Gasteiger partial charge in [0.05, 0.1) is 24.0 Å². The fourth-order valence-corrected chi connectivity index (χ4v) is 8.19. The Balaban J connectivity index is 1.15. The first-order valence-electron chi connectivity index (χ1n) is 18.4. The summed E-state index contributed by atoms with van der Waals surface area (Å²) in [5.41, 5.74) is 3.71. The number of ether oxygens (including phenoxy) is 2. The Labute approximate surface area is 339 Å². The van der Waals surface area contributed by atoms with Crippen LogP contribution in [0.15, 0.2) is 120 Å². The van der Waals surface area contributed by atoms with Gasteiger partial charge in [0.2, 0.25) is 11.8 Å². The number of amides is 4. The van der Waals surface area contributed by atoms with Gasteiger partial charge < -0.3 is 30.3 Å². The molecule has 292 valence electrons. The number of anilines is 2. The van der Waals surface area contributed by atoms with Gasteiger partial charge in [-0.15, -0.1) is 23.1 Å². The van der Waals surface area contributed by atoms with Gasteiger partial charge in [0.15, 0.2) is 0 Å². The summed E-state index contributed by atoms with van der Waals surface area (Å²) in [5.74, 6) is -1.23. The van der Waals surface area contributed by atoms with E-state index < -0.39 is 23.0 Å². The zero-order valence-electron chi connectivity index (χ0n) is 31.7. The lowest BCUT2D eigenvalue weighted by atomic mass is 10.0. The molecule has 11 nitrogen and oxygen atoms in total. The monoisotopic (exact) mass is 802 g/mol. The van der Waals surface area contributed by atoms with E-state index in [1.165, 1.54) is 30.0 Å². The van der Waals surface area contributed by atoms with Gasteiger partial charge in [-0.2, -0.15) is 0 Å². The Morgan fingerprint density at radius 2 is 1.61 bits per heavy atom. The number of rotatable bonds is 14. The summed E-state index contributed by atoms with van der Waals surface area (Å²) in [6.45, 7) is 6.42. The van der Waals surface area contributed by atoms with Crippen LogP contribution in [0.3, 0.4) is 0 Å². The maximum absolute atomic E-state index is 13.8. The second-order valence-electron chi connectivity index (χ2n) is 13.1. The summed E-state index contributed by atoms with van der Waals surface area (Å²) < 4.78 is 11.2. The van der Waals surface area contributed by atoms with Crippen molar-refractivity contribution in [2.24, 2.45) is 0 Å². The molecule has 1 aliphatic heterocycles. The highest BCUT2D eigenvalue weighted by Gasteiger charge is 2.31. The molecular weight excluding hydrogens is 761 g/mol. The standard InChI is InChI=1S/C44H42N4O7S2/c1-4-54-44(53)39-36-22-23-48(29(3)49)26-38(36)57-43(39)47-40(50)28(2)56-35-17-11-16-33(25-35)45-42(52)37(46-41(51)32-14-9-6-10-15-32)24-30-18-20-34(21-19-30)55-27-31-12-7-5-8-13-31/h5-21,24-25,28H,4,22-23,26-27H2,1-3H3,(H,45,52)(H,46,51)(H,47,50)/b37-24-. The van der Waals surface area contributed by atoms with Crippen molar-refractivity contribution in [3.63, 3.8) is 0 Å². The highest BCUT2D eigenvalue weighted by molar-refractivity contribution is 8.00. The van der Waals surface area contributed by atoms with Crippen LogP contribution in [0.2, 0.25) is 0 Å². The number of thioether (sulfide) groups is 1. The Bertz CT molecular complexity index is 2280. The summed E-state index contributed by atoms with van der Waals surface area (Å²) in [6, 6.07) is 32.7. The van der Waals surface area contributed by atoms with Crippen LogP contribution < -0.4 is 20.7 Å². The molecule has 1 aliphatic rings. The Morgan fingerprint density at radius 3 is 2.32 bits per heavy atom. The minimum absolute atomic E-state index is 0.0232. The fourth-order valence-electron chi connectivity index (χ4n) is 6.01. The van der Waals surface area contributed by atoms with Crippen LogP contribution in [-0.2, 0) is 38.7 Å². The van der Waals surface area contributed by atoms with Crippen molar-refractivity contribution in [1.82, 2.24) is 10.2 Å². The van der Waals surface area contributed by atoms with Crippen LogP contribution in [0.25, 0.3) is 6.08 Å². The molecule has 0 bridgehead atoms. The topological polar surface area (TPSA) is 143 Å². The number of nitrogens with zero attached hydrogens (tertiary/aromatic N) is 1. The molecule has 6 rings (SSSR count). The minimum atomic E-state index is -0.598. The van der Waals surface area contributed by atoms with Crippen molar-refractivity contribution >= 4 is 69.5 Å². The molecule has 0 spiro atoms. The third-order valence-corrected chi connectivity index (χ3v) is 11.2. The molecule has 57 heavy (non-hydrogen) atoms. The van der Waals surface area contributed by atoms with E-state index in [0.29, 0.717) is 64.1 Å². The third kappa shape index (κ3) is 10.8. The van der Waals surface area contributed by atoms with Crippen molar-refractivity contribution < 1.29 is 33.4 Å². The van der Waals surface area contributed by atoms with Crippen LogP contribution in [-0.4, -0.2) is 52.9 Å². The maximum atomic E-state index is 13.8. The van der Waals surface area contributed by atoms with E-state index >= 15 is 0 Å². The molecule has 2 heterocycles. The molecule has 3 N–H and O–H groups in total. The van der Waals surface area contributed by atoms with E-state index in [0.717, 1.165) is 16.0 Å². The van der Waals surface area contributed by atoms with Gasteiger partial charge >= 0.3 is 5.97 Å². The van der Waals surface area contributed by atoms with Gasteiger partial charge in [-0.3, -0.25) is 19.2 Å². The predicted octanol–water partition coefficient (Wildman–Crippen LogP) is 7.94. The van der Waals surface area contributed by atoms with E-state index in [2.05, 4.69) is 16.0 Å². The van der Waals surface area contributed by atoms with Crippen molar-refractivity contribution in [3.05, 3.63) is 148 Å². The van der Waals surface area contributed by atoms with E-state index in [-0.39, 0.29) is 24.1 Å². The number of benzene rings is 4. The van der Waals surface area contributed by atoms with Crippen molar-refractivity contribution in [2.75, 3.05) is 23.8 Å². The lowest BCUT2D eigenvalue weighted by Gasteiger charge is -2.25. The van der Waals surface area contributed by atoms with Gasteiger partial charge in [-0.25, -0.2) is 4.79 Å². The first-order chi connectivity index (χ1) is 27.6. The number of thiophene rings is 1. The number of carbonyl (C=O) groups excluding carboxylic acids is 5. The van der Waals surface area contributed by atoms with Crippen molar-refractivity contribution in [3.8, 4) is 5.75 Å². The quantitative estimate of drug-likeness (QED) is 0.0584. The van der Waals surface area contributed by atoms with Gasteiger partial charge in [0, 0.05) is 34.5 Å². The van der Waals surface area contributed by atoms with Crippen LogP contribution in [0.5, 0.6) is 5.75 Å². The number of hydrogen-bond donors (Lipinski definition) is 3. The highest BCUT2D eigenvalue weighted by atomic mass is 32.2. The van der Waals surface area contributed by atoms with E-state index in [4.69, 9.17) is 9.47 Å². The van der Waals surface area contributed by atoms with Crippen LogP contribution in [0.1, 0.15) is 63.1 Å². The first kappa shape index (κ1) is 40.5. The zero-order valence-corrected chi connectivity index (χ0v) is 33.3. The van der Waals surface area contributed by atoms with Crippen molar-refractivity contribution in [1.29, 1.82) is 0 Å². The number of nitrogens with one attached hydrogen (secondary N) is 3. The molecule has 4 amide bonds. The second kappa shape index (κ2) is 19.1. The molecule has 0 fully saturated rings. The van der Waals surface area contributed by atoms with Crippen LogP contribution >= 0.6 is 23.1 Å². The molecular formula is C44H42N4O7S2. The number of carbonyl (C=O) groups is 5. The lowest BCUT2D eigenvalue weighted by molar-refractivity contribution is -0.129. The highest BCUT2D eigenvalue weighted by Crippen LogP contribution is 2.38. The average Bonchev–Trinajstić information content (AvgIpc) is 3.58. The molecule has 5 aromatic rings. The van der Waals surface area contributed by atoms with Crippen LogP contribution in [0, 0.1) is 0 Å². The number of fused-ring (bicyclic) bond motifs is 1. The normalized spacial score (nSPS) is 12.8. The number of esters is 1. The van der Waals surface area contributed by atoms with Crippen molar-refractivity contribution in [2.45, 2.75) is 50.5 Å². The molecule has 1 aromatic heterocycles. The summed E-state index contributed by atoms with van der Waals surface area (Å²) in [4.78, 5) is 68.8. The summed E-state index contributed by atoms with van der Waals surface area (Å²) in [5, 5.41) is 8.38. The smallest absolute Gasteiger partial charge is 0.341 e. The van der Waals surface area contributed by atoms with Gasteiger partial charge in [-0.05, 0) is 85.5 Å². The van der Waals surface area contributed by atoms with Crippen LogP contribution in [0.4, 0.5) is 10.7 Å². The molecule has 0 saturated heterocycles. The molecule has 0 aliphatic carbocycles. The van der Waals surface area contributed by atoms with E-state index in [1.54, 1.807) is 97.6 Å². The largest absolute Gasteiger partial charge is 0.489 e. The van der Waals surface area contributed by atoms with Gasteiger partial charge in [0.1, 0.15) is 23.1 Å². The average molecular weight is 803 g/mol. The van der Waals surface area contributed by atoms with E-state index in [1.807, 2.05) is 36.4 Å². The Kier molecular flexibility index (Phi) is 13.6. The first-order valence-corrected chi connectivity index (χ1v) is 20.1. The minimum Gasteiger partial charge on any atom is -0.489 e. The maximum Gasteiger partial charge on any atom is 0.341 e. The zero-order chi connectivity index (χ0) is 40.3. The summed E-state index contributed by atoms with van der Waals surface area (Å²) in [6.07, 6.45) is 2.08. The van der Waals surface area contributed by atoms with E-state index in [9.17, 15) is 24.0 Å². The lowest BCUT2D eigenvalue weighted by Crippen LogP contribution is -2.34. The molecule has 0 radical (unpaired) electrons. The molecule has 13 heteroatoms. The Morgan fingerprint density at radius 1 is 0.895 bits per heavy atom. The predicted molar refractivity (Wildman–Crippen MR) is 223 cm³/mol. The molecule has 0 saturated carbocycles. The Hall–Kier alpha value is -6.18. The molecule has 1 unspecified atom stereocenters. The van der Waals surface area contributed by atoms with Gasteiger partial charge in [0.25, 0.3) is 11.8 Å². The summed E-state index contributed by atoms with van der Waals surface area (Å²) >= 11 is 2.56. The second-order valence-corrected chi connectivity index (χ2v) is 15.6. The SMILES string of the molecule is CCOC(=O)c1c(NC(=O)C(C)Sc2cccc(NC(=O)/C(=C/c3ccc(OCc4ccccc4)cc3)NC(=O)c3ccccc3)c2)sc2c1CCN(C(C)=O)C2. The van der Waals surface area contributed by atoms with Gasteiger partial charge in [-0.1, -0.05) is 66.7 Å². The summed E-state index contributed by atoms with van der Waals surface area (Å²) in [7, 11) is 0. The number of hydrogen-bond acceptors (Lipinski definition) is 9. The molecule has 4 aromatic carbocycles. The molecule has 1 atom stereocenters. The fraction of sp³-hybridized carbons (Fsp3) is 0.205.